The number of amides is 2. The highest BCUT2D eigenvalue weighted by Gasteiger charge is 2.59. The summed E-state index contributed by atoms with van der Waals surface area (Å²) in [5, 5.41) is 5.36. The molecule has 0 aromatic heterocycles. The number of rotatable bonds is 5. The molecule has 29 heavy (non-hydrogen) atoms. The van der Waals surface area contributed by atoms with Gasteiger partial charge in [0.2, 0.25) is 0 Å². The molecule has 0 N–H and O–H groups in total. The van der Waals surface area contributed by atoms with Gasteiger partial charge in [-0.15, -0.1) is 0 Å². The number of hydrogen-bond acceptors (Lipinski definition) is 6. The zero-order valence-corrected chi connectivity index (χ0v) is 18.0. The molecule has 152 valence electrons. The van der Waals surface area contributed by atoms with Crippen LogP contribution in [0.25, 0.3) is 0 Å². The molecule has 2 amide bonds. The highest BCUT2D eigenvalue weighted by Crippen LogP contribution is 2.52. The molecule has 2 bridgehead atoms. The van der Waals surface area contributed by atoms with Crippen molar-refractivity contribution in [2.24, 2.45) is 28.8 Å². The van der Waals surface area contributed by atoms with E-state index < -0.39 is 12.1 Å². The van der Waals surface area contributed by atoms with Crippen LogP contribution in [-0.2, 0) is 19.1 Å². The number of benzene rings is 1. The fourth-order valence-corrected chi connectivity index (χ4v) is 5.24. The molecule has 1 aromatic rings. The Balaban J connectivity index is 1.52. The third-order valence-corrected chi connectivity index (χ3v) is 6.49. The quantitative estimate of drug-likeness (QED) is 0.279. The van der Waals surface area contributed by atoms with Crippen molar-refractivity contribution in [2.75, 3.05) is 7.11 Å². The number of halogens is 2. The summed E-state index contributed by atoms with van der Waals surface area (Å²) in [4.78, 5) is 36.9. The lowest BCUT2D eigenvalue weighted by molar-refractivity contribution is -0.148. The number of hydrazone groups is 1. The van der Waals surface area contributed by atoms with Crippen LogP contribution in [0.15, 0.2) is 33.9 Å². The molecule has 1 saturated carbocycles. The van der Waals surface area contributed by atoms with Gasteiger partial charge in [0.25, 0.3) is 11.8 Å². The van der Waals surface area contributed by atoms with Gasteiger partial charge >= 0.3 is 5.97 Å². The molecule has 2 aliphatic carbocycles. The van der Waals surface area contributed by atoms with Crippen molar-refractivity contribution < 1.29 is 23.9 Å². The Labute approximate surface area is 180 Å². The van der Waals surface area contributed by atoms with Crippen molar-refractivity contribution in [3.05, 3.63) is 39.3 Å². The number of hydrogen-bond donors (Lipinski definition) is 0. The smallest absolute Gasteiger partial charge is 0.346 e. The molecule has 0 unspecified atom stereocenters. The van der Waals surface area contributed by atoms with E-state index >= 15 is 0 Å². The van der Waals surface area contributed by atoms with Gasteiger partial charge < -0.3 is 9.47 Å². The first kappa shape index (κ1) is 20.1. The van der Waals surface area contributed by atoms with E-state index in [9.17, 15) is 14.4 Å². The second-order valence-corrected chi connectivity index (χ2v) is 8.59. The van der Waals surface area contributed by atoms with Gasteiger partial charge in [0.1, 0.15) is 0 Å². The molecule has 0 radical (unpaired) electrons. The van der Waals surface area contributed by atoms with Crippen LogP contribution in [0.2, 0.25) is 5.02 Å². The molecule has 3 aliphatic rings. The number of fused-ring (bicyclic) bond motifs is 5. The summed E-state index contributed by atoms with van der Waals surface area (Å²) in [5.74, 6) is -1.04. The monoisotopic (exact) mass is 480 g/mol. The largest absolute Gasteiger partial charge is 0.476 e. The first-order chi connectivity index (χ1) is 13.8. The minimum atomic E-state index is -0.837. The standard InChI is InChI=1S/C20H18BrClN2O5/c1-9(20(27)28-2)29-17-13(21)5-10(6-14(17)22)8-23-24-18(25)15-11-3-4-12(7-11)16(15)19(24)26/h3-6,8-9,11-12,15-16H,7H2,1-2H3/t9-,11+,12+,15-,16+/m1/s1. The van der Waals surface area contributed by atoms with Crippen molar-refractivity contribution in [2.45, 2.75) is 19.4 Å². The third kappa shape index (κ3) is 3.38. The van der Waals surface area contributed by atoms with Crippen molar-refractivity contribution in [3.63, 3.8) is 0 Å². The summed E-state index contributed by atoms with van der Waals surface area (Å²) in [6.45, 7) is 1.55. The van der Waals surface area contributed by atoms with Crippen LogP contribution in [0.3, 0.4) is 0 Å². The first-order valence-electron chi connectivity index (χ1n) is 9.15. The molecular formula is C20H18BrClN2O5. The number of allylic oxidation sites excluding steroid dienone is 2. The molecule has 0 spiro atoms. The van der Waals surface area contributed by atoms with Crippen LogP contribution in [0, 0.1) is 23.7 Å². The van der Waals surface area contributed by atoms with E-state index in [1.165, 1.54) is 13.3 Å². The van der Waals surface area contributed by atoms with Gasteiger partial charge in [0, 0.05) is 0 Å². The minimum absolute atomic E-state index is 0.137. The number of carbonyl (C=O) groups excluding carboxylic acids is 3. The summed E-state index contributed by atoms with van der Waals surface area (Å²) in [5.41, 5.74) is 0.568. The highest BCUT2D eigenvalue weighted by molar-refractivity contribution is 9.10. The van der Waals surface area contributed by atoms with Gasteiger partial charge in [0.05, 0.1) is 34.7 Å². The van der Waals surface area contributed by atoms with E-state index in [2.05, 4.69) is 25.8 Å². The second-order valence-electron chi connectivity index (χ2n) is 7.33. The SMILES string of the molecule is COC(=O)[C@@H](C)Oc1c(Cl)cc(C=NN2C(=O)[C@@H]3[C@H](C2=O)[C@H]2C=C[C@H]3C2)cc1Br. The Morgan fingerprint density at radius 3 is 2.45 bits per heavy atom. The number of carbonyl (C=O) groups is 3. The van der Waals surface area contributed by atoms with Crippen molar-refractivity contribution in [1.82, 2.24) is 5.01 Å². The van der Waals surface area contributed by atoms with Gasteiger partial charge in [-0.3, -0.25) is 9.59 Å². The first-order valence-corrected chi connectivity index (χ1v) is 10.3. The summed E-state index contributed by atoms with van der Waals surface area (Å²) < 4.78 is 10.7. The summed E-state index contributed by atoms with van der Waals surface area (Å²) >= 11 is 9.64. The normalized spacial score (nSPS) is 28.3. The molecule has 1 saturated heterocycles. The average Bonchev–Trinajstić information content (AvgIpc) is 3.36. The van der Waals surface area contributed by atoms with Crippen molar-refractivity contribution in [1.29, 1.82) is 0 Å². The average molecular weight is 482 g/mol. The van der Waals surface area contributed by atoms with Gasteiger partial charge in [-0.05, 0) is 58.8 Å². The molecule has 1 heterocycles. The third-order valence-electron chi connectivity index (χ3n) is 5.62. The van der Waals surface area contributed by atoms with E-state index in [4.69, 9.17) is 16.3 Å². The predicted octanol–water partition coefficient (Wildman–Crippen LogP) is 3.18. The van der Waals surface area contributed by atoms with Crippen LogP contribution in [0.4, 0.5) is 0 Å². The van der Waals surface area contributed by atoms with Crippen LogP contribution in [0.1, 0.15) is 18.9 Å². The maximum atomic E-state index is 12.7. The van der Waals surface area contributed by atoms with Gasteiger partial charge in [-0.1, -0.05) is 23.8 Å². The van der Waals surface area contributed by atoms with E-state index in [1.54, 1.807) is 19.1 Å². The maximum absolute atomic E-state index is 12.7. The second kappa shape index (κ2) is 7.57. The topological polar surface area (TPSA) is 85.3 Å². The Morgan fingerprint density at radius 1 is 1.28 bits per heavy atom. The number of ether oxygens (including phenoxy) is 2. The van der Waals surface area contributed by atoms with Crippen LogP contribution < -0.4 is 4.74 Å². The Kier molecular flexibility index (Phi) is 5.25. The Morgan fingerprint density at radius 2 is 1.90 bits per heavy atom. The molecular weight excluding hydrogens is 464 g/mol. The van der Waals surface area contributed by atoms with Crippen molar-refractivity contribution in [3.8, 4) is 5.75 Å². The molecule has 2 fully saturated rings. The predicted molar refractivity (Wildman–Crippen MR) is 108 cm³/mol. The van der Waals surface area contributed by atoms with E-state index in [-0.39, 0.29) is 46.3 Å². The van der Waals surface area contributed by atoms with Crippen LogP contribution in [0.5, 0.6) is 5.75 Å². The Hall–Kier alpha value is -2.19. The lowest BCUT2D eigenvalue weighted by atomic mass is 9.85. The lowest BCUT2D eigenvalue weighted by Crippen LogP contribution is -2.28. The van der Waals surface area contributed by atoms with Gasteiger partial charge in [-0.2, -0.15) is 10.1 Å². The minimum Gasteiger partial charge on any atom is -0.476 e. The maximum Gasteiger partial charge on any atom is 0.346 e. The molecule has 1 aromatic carbocycles. The highest BCUT2D eigenvalue weighted by atomic mass is 79.9. The molecule has 1 aliphatic heterocycles. The number of nitrogens with zero attached hydrogens (tertiary/aromatic N) is 2. The number of methoxy groups -OCH3 is 1. The summed E-state index contributed by atoms with van der Waals surface area (Å²) in [7, 11) is 1.27. The fraction of sp³-hybridized carbons (Fsp3) is 0.400. The fourth-order valence-electron chi connectivity index (χ4n) is 4.28. The number of imide groups is 1. The lowest BCUT2D eigenvalue weighted by Gasteiger charge is -2.15. The summed E-state index contributed by atoms with van der Waals surface area (Å²) in [6, 6.07) is 3.25. The Bertz CT molecular complexity index is 909. The van der Waals surface area contributed by atoms with Gasteiger partial charge in [0.15, 0.2) is 11.9 Å². The zero-order valence-electron chi connectivity index (χ0n) is 15.7. The van der Waals surface area contributed by atoms with Gasteiger partial charge in [-0.25, -0.2) is 4.79 Å². The van der Waals surface area contributed by atoms with Crippen molar-refractivity contribution >= 4 is 51.5 Å². The molecule has 9 heteroatoms. The molecule has 7 nitrogen and oxygen atoms in total. The van der Waals surface area contributed by atoms with E-state index in [1.807, 2.05) is 12.2 Å². The molecule has 5 atom stereocenters. The van der Waals surface area contributed by atoms with E-state index in [0.717, 1.165) is 11.4 Å². The summed E-state index contributed by atoms with van der Waals surface area (Å²) in [6.07, 6.45) is 5.52. The van der Waals surface area contributed by atoms with Crippen LogP contribution >= 0.6 is 27.5 Å². The zero-order chi connectivity index (χ0) is 20.9. The molecule has 4 rings (SSSR count). The van der Waals surface area contributed by atoms with E-state index in [0.29, 0.717) is 10.0 Å². The van der Waals surface area contributed by atoms with Crippen LogP contribution in [-0.4, -0.2) is 42.2 Å². The number of esters is 1.